The van der Waals surface area contributed by atoms with Gasteiger partial charge in [-0.05, 0) is 19.1 Å². The predicted molar refractivity (Wildman–Crippen MR) is 44.5 cm³/mol. The molecule has 1 N–H and O–H groups in total. The number of thiocarbonyl (C=S) groups is 1. The molecule has 11 heavy (non-hydrogen) atoms. The van der Waals surface area contributed by atoms with E-state index in [1.807, 2.05) is 0 Å². The average Bonchev–Trinajstić information content (AvgIpc) is 1.87. The van der Waals surface area contributed by atoms with Gasteiger partial charge in [-0.2, -0.15) is 0 Å². The van der Waals surface area contributed by atoms with Gasteiger partial charge in [0.25, 0.3) is 5.17 Å². The van der Waals surface area contributed by atoms with Crippen LogP contribution in [-0.4, -0.2) is 41.3 Å². The highest BCUT2D eigenvalue weighted by molar-refractivity contribution is 7.80. The molecule has 64 valence electrons. The van der Waals surface area contributed by atoms with Gasteiger partial charge in [-0.15, -0.1) is 0 Å². The molecule has 0 aromatic carbocycles. The summed E-state index contributed by atoms with van der Waals surface area (Å²) >= 11 is 4.71. The maximum absolute atomic E-state index is 10.3. The standard InChI is InChI=1S/C6H11NO3S/c1-4(5(8)9)10-6(11)7(2)3/h4H,1-3H3,(H,8,9). The molecule has 0 aliphatic carbocycles. The number of carboxylic acid groups (broad SMARTS) is 1. The zero-order chi connectivity index (χ0) is 9.02. The fourth-order valence-corrected chi connectivity index (χ4v) is 0.451. The Morgan fingerprint density at radius 1 is 1.64 bits per heavy atom. The largest absolute Gasteiger partial charge is 0.479 e. The number of carbonyl (C=O) groups is 1. The lowest BCUT2D eigenvalue weighted by Crippen LogP contribution is -2.30. The van der Waals surface area contributed by atoms with E-state index >= 15 is 0 Å². The number of rotatable bonds is 2. The van der Waals surface area contributed by atoms with E-state index in [1.165, 1.54) is 11.8 Å². The Hall–Kier alpha value is -0.840. The number of nitrogens with zero attached hydrogens (tertiary/aromatic N) is 1. The SMILES string of the molecule is CC(OC(=S)N(C)C)C(=O)O. The van der Waals surface area contributed by atoms with E-state index in [2.05, 4.69) is 0 Å². The highest BCUT2D eigenvalue weighted by Crippen LogP contribution is 1.94. The average molecular weight is 177 g/mol. The highest BCUT2D eigenvalue weighted by atomic mass is 32.1. The number of ether oxygens (including phenoxy) is 1. The molecule has 0 aromatic heterocycles. The van der Waals surface area contributed by atoms with Crippen molar-refractivity contribution in [1.82, 2.24) is 4.90 Å². The molecule has 1 atom stereocenters. The topological polar surface area (TPSA) is 49.8 Å². The van der Waals surface area contributed by atoms with Crippen LogP contribution in [0.1, 0.15) is 6.92 Å². The van der Waals surface area contributed by atoms with Gasteiger partial charge < -0.3 is 14.7 Å². The molecule has 0 spiro atoms. The molecule has 0 amide bonds. The molecule has 0 aromatic rings. The van der Waals surface area contributed by atoms with Crippen LogP contribution in [0.15, 0.2) is 0 Å². The highest BCUT2D eigenvalue weighted by Gasteiger charge is 2.14. The summed E-state index contributed by atoms with van der Waals surface area (Å²) in [7, 11) is 3.38. The number of aliphatic carboxylic acids is 1. The van der Waals surface area contributed by atoms with Gasteiger partial charge >= 0.3 is 5.97 Å². The summed E-state index contributed by atoms with van der Waals surface area (Å²) in [6, 6.07) is 0. The monoisotopic (exact) mass is 177 g/mol. The molecule has 0 aliphatic rings. The Morgan fingerprint density at radius 2 is 2.09 bits per heavy atom. The van der Waals surface area contributed by atoms with Gasteiger partial charge in [-0.3, -0.25) is 0 Å². The molecule has 0 radical (unpaired) electrons. The number of hydrogen-bond donors (Lipinski definition) is 1. The Labute approximate surface area is 70.8 Å². The lowest BCUT2D eigenvalue weighted by atomic mass is 10.4. The maximum Gasteiger partial charge on any atom is 0.344 e. The fourth-order valence-electron chi connectivity index (χ4n) is 0.307. The van der Waals surface area contributed by atoms with Crippen molar-refractivity contribution >= 4 is 23.4 Å². The second kappa shape index (κ2) is 4.12. The minimum Gasteiger partial charge on any atom is -0.479 e. The molecule has 0 heterocycles. The van der Waals surface area contributed by atoms with E-state index in [1.54, 1.807) is 14.1 Å². The van der Waals surface area contributed by atoms with Crippen molar-refractivity contribution in [3.05, 3.63) is 0 Å². The summed E-state index contributed by atoms with van der Waals surface area (Å²) in [5.41, 5.74) is 0. The number of carboxylic acids is 1. The molecule has 0 aliphatic heterocycles. The smallest absolute Gasteiger partial charge is 0.344 e. The Bertz CT molecular complexity index is 169. The van der Waals surface area contributed by atoms with Crippen molar-refractivity contribution in [2.24, 2.45) is 0 Å². The maximum atomic E-state index is 10.3. The van der Waals surface area contributed by atoms with Gasteiger partial charge in [-0.1, -0.05) is 0 Å². The van der Waals surface area contributed by atoms with E-state index in [9.17, 15) is 4.79 Å². The zero-order valence-corrected chi connectivity index (χ0v) is 7.51. The Morgan fingerprint density at radius 3 is 2.36 bits per heavy atom. The summed E-state index contributed by atoms with van der Waals surface area (Å²) in [6.45, 7) is 1.43. The summed E-state index contributed by atoms with van der Waals surface area (Å²) in [5, 5.41) is 8.59. The van der Waals surface area contributed by atoms with Crippen molar-refractivity contribution < 1.29 is 14.6 Å². The Kier molecular flexibility index (Phi) is 3.81. The predicted octanol–water partition coefficient (Wildman–Crippen LogP) is 0.323. The van der Waals surface area contributed by atoms with E-state index in [-0.39, 0.29) is 5.17 Å². The first-order valence-electron chi connectivity index (χ1n) is 3.06. The van der Waals surface area contributed by atoms with Crippen molar-refractivity contribution in [2.75, 3.05) is 14.1 Å². The first-order valence-corrected chi connectivity index (χ1v) is 3.46. The first kappa shape index (κ1) is 10.2. The van der Waals surface area contributed by atoms with Crippen LogP contribution in [0.3, 0.4) is 0 Å². The van der Waals surface area contributed by atoms with Crippen LogP contribution in [0.25, 0.3) is 0 Å². The molecule has 4 nitrogen and oxygen atoms in total. The summed E-state index contributed by atoms with van der Waals surface area (Å²) in [4.78, 5) is 11.8. The molecule has 0 bridgehead atoms. The third-order valence-electron chi connectivity index (χ3n) is 0.991. The summed E-state index contributed by atoms with van der Waals surface area (Å²) in [6.07, 6.45) is -0.884. The van der Waals surface area contributed by atoms with Crippen LogP contribution in [0.2, 0.25) is 0 Å². The van der Waals surface area contributed by atoms with Gasteiger partial charge in [0, 0.05) is 14.1 Å². The molecule has 0 rings (SSSR count). The van der Waals surface area contributed by atoms with Crippen LogP contribution < -0.4 is 0 Å². The van der Waals surface area contributed by atoms with Crippen LogP contribution >= 0.6 is 12.2 Å². The fraction of sp³-hybridized carbons (Fsp3) is 0.667. The van der Waals surface area contributed by atoms with Crippen LogP contribution in [0.4, 0.5) is 0 Å². The lowest BCUT2D eigenvalue weighted by molar-refractivity contribution is -0.144. The van der Waals surface area contributed by atoms with Crippen molar-refractivity contribution in [3.63, 3.8) is 0 Å². The summed E-state index contributed by atoms with van der Waals surface area (Å²) in [5.74, 6) is -1.02. The van der Waals surface area contributed by atoms with Crippen molar-refractivity contribution in [2.45, 2.75) is 13.0 Å². The quantitative estimate of drug-likeness (QED) is 0.616. The van der Waals surface area contributed by atoms with E-state index in [4.69, 9.17) is 22.1 Å². The van der Waals surface area contributed by atoms with Gasteiger partial charge in [0.05, 0.1) is 0 Å². The van der Waals surface area contributed by atoms with Gasteiger partial charge in [0.2, 0.25) is 0 Å². The molecule has 0 fully saturated rings. The van der Waals surface area contributed by atoms with Crippen LogP contribution in [0, 0.1) is 0 Å². The zero-order valence-electron chi connectivity index (χ0n) is 6.70. The molecular formula is C6H11NO3S. The minimum absolute atomic E-state index is 0.180. The lowest BCUT2D eigenvalue weighted by Gasteiger charge is -2.16. The van der Waals surface area contributed by atoms with Gasteiger partial charge in [0.1, 0.15) is 0 Å². The normalized spacial score (nSPS) is 11.9. The van der Waals surface area contributed by atoms with Crippen molar-refractivity contribution in [3.8, 4) is 0 Å². The second-order valence-electron chi connectivity index (χ2n) is 2.26. The second-order valence-corrected chi connectivity index (χ2v) is 2.61. The molecule has 1 unspecified atom stereocenters. The third kappa shape index (κ3) is 3.77. The first-order chi connectivity index (χ1) is 4.95. The van der Waals surface area contributed by atoms with Crippen LogP contribution in [0.5, 0.6) is 0 Å². The Balaban J connectivity index is 3.85. The molecule has 0 saturated carbocycles. The van der Waals surface area contributed by atoms with E-state index < -0.39 is 12.1 Å². The number of hydrogen-bond acceptors (Lipinski definition) is 3. The van der Waals surface area contributed by atoms with E-state index in [0.29, 0.717) is 0 Å². The van der Waals surface area contributed by atoms with E-state index in [0.717, 1.165) is 0 Å². The third-order valence-corrected chi connectivity index (χ3v) is 1.45. The van der Waals surface area contributed by atoms with Gasteiger partial charge in [0.15, 0.2) is 6.10 Å². The van der Waals surface area contributed by atoms with Gasteiger partial charge in [-0.25, -0.2) is 4.79 Å². The minimum atomic E-state index is -1.02. The summed E-state index contributed by atoms with van der Waals surface area (Å²) < 4.78 is 4.83. The molecular weight excluding hydrogens is 166 g/mol. The molecule has 0 saturated heterocycles. The van der Waals surface area contributed by atoms with Crippen LogP contribution in [-0.2, 0) is 9.53 Å². The van der Waals surface area contributed by atoms with Crippen molar-refractivity contribution in [1.29, 1.82) is 0 Å². The molecule has 5 heteroatoms.